The van der Waals surface area contributed by atoms with Gasteiger partial charge in [-0.05, 0) is 30.7 Å². The maximum atomic E-state index is 5.98. The predicted octanol–water partition coefficient (Wildman–Crippen LogP) is 2.63. The molecule has 21 heavy (non-hydrogen) atoms. The Morgan fingerprint density at radius 3 is 2.86 bits per heavy atom. The quantitative estimate of drug-likeness (QED) is 0.905. The van der Waals surface area contributed by atoms with Crippen LogP contribution in [0.25, 0.3) is 0 Å². The zero-order valence-electron chi connectivity index (χ0n) is 12.5. The highest BCUT2D eigenvalue weighted by molar-refractivity contribution is 7.99. The molecule has 2 unspecified atom stereocenters. The number of benzene rings is 1. The molecule has 0 amide bonds. The van der Waals surface area contributed by atoms with Gasteiger partial charge < -0.3 is 19.5 Å². The Balaban J connectivity index is 1.80. The van der Waals surface area contributed by atoms with Crippen LogP contribution in [0.5, 0.6) is 11.5 Å². The molecular formula is C16H23NO3S. The fourth-order valence-electron chi connectivity index (χ4n) is 2.72. The summed E-state index contributed by atoms with van der Waals surface area (Å²) in [6.07, 6.45) is 1.33. The largest absolute Gasteiger partial charge is 0.486 e. The van der Waals surface area contributed by atoms with Crippen molar-refractivity contribution in [2.75, 3.05) is 37.9 Å². The Hall–Kier alpha value is -0.910. The Bertz CT molecular complexity index is 463. The summed E-state index contributed by atoms with van der Waals surface area (Å²) in [4.78, 5) is 0. The molecule has 0 saturated carbocycles. The number of hydrogen-bond acceptors (Lipinski definition) is 5. The Morgan fingerprint density at radius 1 is 1.24 bits per heavy atom. The molecule has 5 heteroatoms. The second-order valence-electron chi connectivity index (χ2n) is 5.32. The van der Waals surface area contributed by atoms with Crippen molar-refractivity contribution in [3.8, 4) is 11.5 Å². The molecule has 1 aromatic rings. The van der Waals surface area contributed by atoms with Crippen molar-refractivity contribution in [3.63, 3.8) is 0 Å². The van der Waals surface area contributed by atoms with Crippen molar-refractivity contribution in [2.24, 2.45) is 0 Å². The van der Waals surface area contributed by atoms with E-state index in [0.717, 1.165) is 42.6 Å². The molecule has 2 aliphatic rings. The highest BCUT2D eigenvalue weighted by Gasteiger charge is 2.27. The normalized spacial score (nSPS) is 22.8. The van der Waals surface area contributed by atoms with E-state index in [1.807, 2.05) is 17.8 Å². The first-order valence-corrected chi connectivity index (χ1v) is 8.86. The van der Waals surface area contributed by atoms with Crippen molar-refractivity contribution in [3.05, 3.63) is 23.8 Å². The second kappa shape index (κ2) is 7.38. The van der Waals surface area contributed by atoms with E-state index in [1.165, 1.54) is 5.56 Å². The topological polar surface area (TPSA) is 39.7 Å². The van der Waals surface area contributed by atoms with Crippen LogP contribution in [0.4, 0.5) is 0 Å². The van der Waals surface area contributed by atoms with Gasteiger partial charge in [-0.1, -0.05) is 13.0 Å². The fraction of sp³-hybridized carbons (Fsp3) is 0.625. The Kier molecular flexibility index (Phi) is 5.27. The number of fused-ring (bicyclic) bond motifs is 1. The molecule has 1 N–H and O–H groups in total. The molecule has 0 aromatic heterocycles. The van der Waals surface area contributed by atoms with Crippen molar-refractivity contribution in [1.29, 1.82) is 0 Å². The average Bonchev–Trinajstić information content (AvgIpc) is 2.56. The van der Waals surface area contributed by atoms with Crippen molar-refractivity contribution in [1.82, 2.24) is 5.32 Å². The minimum Gasteiger partial charge on any atom is -0.486 e. The summed E-state index contributed by atoms with van der Waals surface area (Å²) in [6.45, 7) is 5.27. The van der Waals surface area contributed by atoms with Gasteiger partial charge in [0, 0.05) is 11.5 Å². The van der Waals surface area contributed by atoms with Crippen LogP contribution in [-0.2, 0) is 4.74 Å². The lowest BCUT2D eigenvalue weighted by Gasteiger charge is -2.32. The first-order chi connectivity index (χ1) is 10.4. The van der Waals surface area contributed by atoms with Crippen LogP contribution in [-0.4, -0.2) is 44.0 Å². The number of thioether (sulfide) groups is 1. The van der Waals surface area contributed by atoms with Gasteiger partial charge in [0.2, 0.25) is 0 Å². The van der Waals surface area contributed by atoms with Crippen molar-refractivity contribution >= 4 is 11.8 Å². The van der Waals surface area contributed by atoms with E-state index < -0.39 is 0 Å². The van der Waals surface area contributed by atoms with Gasteiger partial charge in [-0.3, -0.25) is 0 Å². The minimum absolute atomic E-state index is 0.216. The molecule has 1 aromatic carbocycles. The van der Waals surface area contributed by atoms with E-state index in [-0.39, 0.29) is 12.1 Å². The molecule has 2 heterocycles. The van der Waals surface area contributed by atoms with Gasteiger partial charge in [0.25, 0.3) is 0 Å². The molecule has 2 aliphatic heterocycles. The zero-order chi connectivity index (χ0) is 14.5. The van der Waals surface area contributed by atoms with Gasteiger partial charge in [0.15, 0.2) is 11.5 Å². The van der Waals surface area contributed by atoms with Gasteiger partial charge in [-0.25, -0.2) is 0 Å². The van der Waals surface area contributed by atoms with Crippen LogP contribution < -0.4 is 14.8 Å². The minimum atomic E-state index is 0.216. The lowest BCUT2D eigenvalue weighted by molar-refractivity contribution is 0.0466. The van der Waals surface area contributed by atoms with Gasteiger partial charge in [0.1, 0.15) is 13.2 Å². The van der Waals surface area contributed by atoms with Crippen LogP contribution in [0.15, 0.2) is 18.2 Å². The van der Waals surface area contributed by atoms with Gasteiger partial charge >= 0.3 is 0 Å². The van der Waals surface area contributed by atoms with Gasteiger partial charge in [-0.2, -0.15) is 11.8 Å². The van der Waals surface area contributed by atoms with E-state index in [2.05, 4.69) is 24.4 Å². The standard InChI is InChI=1S/C16H23NO3S/c1-2-5-17-16(15-11-21-9-8-20-15)12-3-4-13-14(10-12)19-7-6-18-13/h3-4,10,15-17H,2,5-9,11H2,1H3. The van der Waals surface area contributed by atoms with Crippen molar-refractivity contribution in [2.45, 2.75) is 25.5 Å². The molecular weight excluding hydrogens is 286 g/mol. The third-order valence-electron chi connectivity index (χ3n) is 3.75. The summed E-state index contributed by atoms with van der Waals surface area (Å²) in [5.41, 5.74) is 1.22. The monoisotopic (exact) mass is 309 g/mol. The lowest BCUT2D eigenvalue weighted by atomic mass is 10.0. The van der Waals surface area contributed by atoms with E-state index in [0.29, 0.717) is 13.2 Å². The van der Waals surface area contributed by atoms with Crippen LogP contribution >= 0.6 is 11.8 Å². The Labute approximate surface area is 130 Å². The maximum Gasteiger partial charge on any atom is 0.161 e. The summed E-state index contributed by atoms with van der Waals surface area (Å²) in [6, 6.07) is 6.46. The highest BCUT2D eigenvalue weighted by atomic mass is 32.2. The Morgan fingerprint density at radius 2 is 2.10 bits per heavy atom. The van der Waals surface area contributed by atoms with E-state index in [1.54, 1.807) is 0 Å². The average molecular weight is 309 g/mol. The first kappa shape index (κ1) is 15.0. The molecule has 4 nitrogen and oxygen atoms in total. The molecule has 2 atom stereocenters. The van der Waals surface area contributed by atoms with E-state index >= 15 is 0 Å². The van der Waals surface area contributed by atoms with E-state index in [4.69, 9.17) is 14.2 Å². The zero-order valence-corrected chi connectivity index (χ0v) is 13.3. The van der Waals surface area contributed by atoms with Crippen LogP contribution in [0, 0.1) is 0 Å². The smallest absolute Gasteiger partial charge is 0.161 e. The third kappa shape index (κ3) is 3.65. The summed E-state index contributed by atoms with van der Waals surface area (Å²) < 4.78 is 17.3. The number of rotatable bonds is 5. The SMILES string of the molecule is CCCNC(c1ccc2c(c1)OCCO2)C1CSCCO1. The first-order valence-electron chi connectivity index (χ1n) is 7.70. The van der Waals surface area contributed by atoms with Crippen LogP contribution in [0.1, 0.15) is 24.9 Å². The lowest BCUT2D eigenvalue weighted by Crippen LogP contribution is -2.38. The molecule has 116 valence electrons. The second-order valence-corrected chi connectivity index (χ2v) is 6.47. The molecule has 0 bridgehead atoms. The maximum absolute atomic E-state index is 5.98. The molecule has 0 aliphatic carbocycles. The molecule has 3 rings (SSSR count). The predicted molar refractivity (Wildman–Crippen MR) is 85.5 cm³/mol. The number of nitrogens with one attached hydrogen (secondary N) is 1. The summed E-state index contributed by atoms with van der Waals surface area (Å²) in [5.74, 6) is 3.83. The molecule has 1 fully saturated rings. The van der Waals surface area contributed by atoms with Gasteiger partial charge in [-0.15, -0.1) is 0 Å². The van der Waals surface area contributed by atoms with Crippen molar-refractivity contribution < 1.29 is 14.2 Å². The number of ether oxygens (including phenoxy) is 3. The fourth-order valence-corrected chi connectivity index (χ4v) is 3.62. The number of hydrogen-bond donors (Lipinski definition) is 1. The van der Waals surface area contributed by atoms with Gasteiger partial charge in [0.05, 0.1) is 18.8 Å². The molecule has 0 spiro atoms. The van der Waals surface area contributed by atoms with Crippen LogP contribution in [0.3, 0.4) is 0 Å². The summed E-state index contributed by atoms with van der Waals surface area (Å²) in [5, 5.41) is 3.63. The van der Waals surface area contributed by atoms with Crippen LogP contribution in [0.2, 0.25) is 0 Å². The summed E-state index contributed by atoms with van der Waals surface area (Å²) in [7, 11) is 0. The molecule has 0 radical (unpaired) electrons. The molecule has 1 saturated heterocycles. The van der Waals surface area contributed by atoms with E-state index in [9.17, 15) is 0 Å². The third-order valence-corrected chi connectivity index (χ3v) is 4.77. The highest BCUT2D eigenvalue weighted by Crippen LogP contribution is 2.34. The summed E-state index contributed by atoms with van der Waals surface area (Å²) >= 11 is 1.97.